The van der Waals surface area contributed by atoms with Gasteiger partial charge >= 0.3 is 0 Å². The lowest BCUT2D eigenvalue weighted by Gasteiger charge is -2.34. The molecule has 0 radical (unpaired) electrons. The first kappa shape index (κ1) is 15.7. The number of anilines is 1. The van der Waals surface area contributed by atoms with Gasteiger partial charge in [-0.15, -0.1) is 0 Å². The Bertz CT molecular complexity index is 736. The van der Waals surface area contributed by atoms with Crippen LogP contribution in [0.2, 0.25) is 0 Å². The van der Waals surface area contributed by atoms with Gasteiger partial charge in [-0.2, -0.15) is 5.26 Å². The van der Waals surface area contributed by atoms with E-state index in [-0.39, 0.29) is 12.5 Å². The molecule has 2 heterocycles. The molecule has 1 aliphatic heterocycles. The summed E-state index contributed by atoms with van der Waals surface area (Å²) in [7, 11) is 0. The molecule has 24 heavy (non-hydrogen) atoms. The minimum atomic E-state index is -0.0867. The standard InChI is InChI=1S/C17H17N5O2/c18-12-14-4-1-2-5-15(14)24-13-16(23)21-8-10-22(11-9-21)17-19-6-3-7-20-17/h1-7H,8-11,13H2. The molecule has 0 spiro atoms. The first-order valence-electron chi connectivity index (χ1n) is 7.69. The van der Waals surface area contributed by atoms with Crippen molar-refractivity contribution in [3.63, 3.8) is 0 Å². The number of hydrogen-bond acceptors (Lipinski definition) is 6. The molecule has 1 amide bonds. The highest BCUT2D eigenvalue weighted by Crippen LogP contribution is 2.17. The molecule has 0 N–H and O–H groups in total. The van der Waals surface area contributed by atoms with Crippen molar-refractivity contribution in [2.45, 2.75) is 0 Å². The molecule has 1 fully saturated rings. The van der Waals surface area contributed by atoms with E-state index in [0.717, 1.165) is 0 Å². The van der Waals surface area contributed by atoms with Crippen molar-refractivity contribution in [1.82, 2.24) is 14.9 Å². The van der Waals surface area contributed by atoms with Crippen molar-refractivity contribution in [3.8, 4) is 11.8 Å². The predicted molar refractivity (Wildman–Crippen MR) is 87.5 cm³/mol. The van der Waals surface area contributed by atoms with Crippen LogP contribution in [0, 0.1) is 11.3 Å². The second-order valence-electron chi connectivity index (χ2n) is 5.31. The third-order valence-electron chi connectivity index (χ3n) is 3.83. The van der Waals surface area contributed by atoms with Crippen molar-refractivity contribution in [3.05, 3.63) is 48.3 Å². The molecule has 7 nitrogen and oxygen atoms in total. The van der Waals surface area contributed by atoms with E-state index in [9.17, 15) is 4.79 Å². The number of rotatable bonds is 4. The molecule has 0 atom stereocenters. The van der Waals surface area contributed by atoms with Gasteiger partial charge < -0.3 is 14.5 Å². The average molecular weight is 323 g/mol. The van der Waals surface area contributed by atoms with Gasteiger partial charge in [-0.05, 0) is 18.2 Å². The Morgan fingerprint density at radius 1 is 1.12 bits per heavy atom. The minimum absolute atomic E-state index is 0.0689. The van der Waals surface area contributed by atoms with E-state index in [2.05, 4.69) is 20.9 Å². The first-order valence-corrected chi connectivity index (χ1v) is 7.69. The number of carbonyl (C=O) groups is 1. The Labute approximate surface area is 140 Å². The molecule has 1 saturated heterocycles. The fourth-order valence-electron chi connectivity index (χ4n) is 2.53. The van der Waals surface area contributed by atoms with Crippen molar-refractivity contribution in [2.75, 3.05) is 37.7 Å². The molecule has 0 aliphatic carbocycles. The molecule has 0 saturated carbocycles. The monoisotopic (exact) mass is 323 g/mol. The van der Waals surface area contributed by atoms with E-state index >= 15 is 0 Å². The number of hydrogen-bond donors (Lipinski definition) is 0. The summed E-state index contributed by atoms with van der Waals surface area (Å²) < 4.78 is 5.50. The number of aromatic nitrogens is 2. The van der Waals surface area contributed by atoms with Crippen LogP contribution in [0.5, 0.6) is 5.75 Å². The Hall–Kier alpha value is -3.14. The van der Waals surface area contributed by atoms with Crippen molar-refractivity contribution < 1.29 is 9.53 Å². The first-order chi connectivity index (χ1) is 11.8. The maximum atomic E-state index is 12.3. The number of piperazine rings is 1. The van der Waals surface area contributed by atoms with Gasteiger partial charge in [0, 0.05) is 38.6 Å². The molecule has 0 bridgehead atoms. The summed E-state index contributed by atoms with van der Waals surface area (Å²) in [6.45, 7) is 2.50. The predicted octanol–water partition coefficient (Wildman–Crippen LogP) is 1.08. The van der Waals surface area contributed by atoms with Crippen LogP contribution in [0.1, 0.15) is 5.56 Å². The van der Waals surface area contributed by atoms with Crippen molar-refractivity contribution >= 4 is 11.9 Å². The van der Waals surface area contributed by atoms with E-state index in [1.54, 1.807) is 47.6 Å². The zero-order valence-corrected chi connectivity index (χ0v) is 13.1. The van der Waals surface area contributed by atoms with Crippen LogP contribution in [-0.2, 0) is 4.79 Å². The number of carbonyl (C=O) groups excluding carboxylic acids is 1. The second kappa shape index (κ2) is 7.42. The van der Waals surface area contributed by atoms with Gasteiger partial charge in [-0.1, -0.05) is 12.1 Å². The largest absolute Gasteiger partial charge is 0.482 e. The number of benzene rings is 1. The van der Waals surface area contributed by atoms with Crippen LogP contribution in [0.3, 0.4) is 0 Å². The number of nitrogens with zero attached hydrogens (tertiary/aromatic N) is 5. The second-order valence-corrected chi connectivity index (χ2v) is 5.31. The normalized spacial score (nSPS) is 14.1. The Balaban J connectivity index is 1.51. The van der Waals surface area contributed by atoms with Gasteiger partial charge in [0.1, 0.15) is 11.8 Å². The van der Waals surface area contributed by atoms with Gasteiger partial charge in [-0.25, -0.2) is 9.97 Å². The van der Waals surface area contributed by atoms with Gasteiger partial charge in [0.15, 0.2) is 6.61 Å². The van der Waals surface area contributed by atoms with Crippen LogP contribution in [0.25, 0.3) is 0 Å². The van der Waals surface area contributed by atoms with Crippen molar-refractivity contribution in [2.24, 2.45) is 0 Å². The summed E-state index contributed by atoms with van der Waals surface area (Å²) in [5.74, 6) is 1.03. The zero-order valence-electron chi connectivity index (χ0n) is 13.1. The number of ether oxygens (including phenoxy) is 1. The van der Waals surface area contributed by atoms with E-state index in [1.165, 1.54) is 0 Å². The number of amides is 1. The molecule has 3 rings (SSSR count). The highest BCUT2D eigenvalue weighted by atomic mass is 16.5. The summed E-state index contributed by atoms with van der Waals surface area (Å²) in [5.41, 5.74) is 0.427. The molecular weight excluding hydrogens is 306 g/mol. The van der Waals surface area contributed by atoms with E-state index in [4.69, 9.17) is 10.00 Å². The SMILES string of the molecule is N#Cc1ccccc1OCC(=O)N1CCN(c2ncccn2)CC1. The maximum absolute atomic E-state index is 12.3. The van der Waals surface area contributed by atoms with Crippen LogP contribution >= 0.6 is 0 Å². The maximum Gasteiger partial charge on any atom is 0.260 e. The molecule has 1 aliphatic rings. The van der Waals surface area contributed by atoms with Crippen LogP contribution in [0.15, 0.2) is 42.7 Å². The highest BCUT2D eigenvalue weighted by molar-refractivity contribution is 5.78. The molecule has 0 unspecified atom stereocenters. The summed E-state index contributed by atoms with van der Waals surface area (Å²) >= 11 is 0. The fourth-order valence-corrected chi connectivity index (χ4v) is 2.53. The van der Waals surface area contributed by atoms with Crippen LogP contribution < -0.4 is 9.64 Å². The molecular formula is C17H17N5O2. The lowest BCUT2D eigenvalue weighted by Crippen LogP contribution is -2.50. The lowest BCUT2D eigenvalue weighted by molar-refractivity contribution is -0.133. The average Bonchev–Trinajstić information content (AvgIpc) is 2.67. The minimum Gasteiger partial charge on any atom is -0.482 e. The third-order valence-corrected chi connectivity index (χ3v) is 3.83. The third kappa shape index (κ3) is 3.60. The summed E-state index contributed by atoms with van der Waals surface area (Å²) in [4.78, 5) is 24.5. The lowest BCUT2D eigenvalue weighted by atomic mass is 10.2. The quantitative estimate of drug-likeness (QED) is 0.837. The summed E-state index contributed by atoms with van der Waals surface area (Å²) in [6, 6.07) is 10.7. The topological polar surface area (TPSA) is 82.4 Å². The van der Waals surface area contributed by atoms with Gasteiger partial charge in [-0.3, -0.25) is 4.79 Å². The van der Waals surface area contributed by atoms with Crippen LogP contribution in [0.4, 0.5) is 5.95 Å². The molecule has 1 aromatic carbocycles. The number of para-hydroxylation sites is 1. The highest BCUT2D eigenvalue weighted by Gasteiger charge is 2.22. The molecule has 1 aromatic heterocycles. The Kier molecular flexibility index (Phi) is 4.87. The van der Waals surface area contributed by atoms with E-state index in [1.807, 2.05) is 0 Å². The molecule has 2 aromatic rings. The smallest absolute Gasteiger partial charge is 0.260 e. The van der Waals surface area contributed by atoms with Crippen molar-refractivity contribution in [1.29, 1.82) is 5.26 Å². The van der Waals surface area contributed by atoms with Crippen LogP contribution in [-0.4, -0.2) is 53.6 Å². The van der Waals surface area contributed by atoms with Gasteiger partial charge in [0.25, 0.3) is 5.91 Å². The van der Waals surface area contributed by atoms with E-state index in [0.29, 0.717) is 43.4 Å². The van der Waals surface area contributed by atoms with Gasteiger partial charge in [0.2, 0.25) is 5.95 Å². The Morgan fingerprint density at radius 2 is 1.83 bits per heavy atom. The number of nitriles is 1. The zero-order chi connectivity index (χ0) is 16.8. The molecule has 122 valence electrons. The molecule has 7 heteroatoms. The van der Waals surface area contributed by atoms with E-state index < -0.39 is 0 Å². The fraction of sp³-hybridized carbons (Fsp3) is 0.294. The Morgan fingerprint density at radius 3 is 2.54 bits per heavy atom. The van der Waals surface area contributed by atoms with Gasteiger partial charge in [0.05, 0.1) is 5.56 Å². The summed E-state index contributed by atoms with van der Waals surface area (Å²) in [5, 5.41) is 9.03. The summed E-state index contributed by atoms with van der Waals surface area (Å²) in [6.07, 6.45) is 3.42.